The fraction of sp³-hybridized carbons (Fsp3) is 0.906. The van der Waals surface area contributed by atoms with E-state index in [0.29, 0.717) is 30.0 Å². The first kappa shape index (κ1) is 25.5. The molecule has 5 aliphatic rings. The Hall–Kier alpha value is -1.17. The number of Topliss-reactive ketones (excluding diaryl/α,β-unsaturated/α-hetero) is 2. The second kappa shape index (κ2) is 7.02. The van der Waals surface area contributed by atoms with Gasteiger partial charge in [-0.25, -0.2) is 0 Å². The second-order valence-electron chi connectivity index (χ2n) is 16.4. The summed E-state index contributed by atoms with van der Waals surface area (Å²) in [7, 11) is 0. The number of carbonyl (C=O) groups is 2. The largest absolute Gasteiger partial charge is 0.299 e. The molecule has 0 aromatic carbocycles. The van der Waals surface area contributed by atoms with Gasteiger partial charge >= 0.3 is 0 Å². The van der Waals surface area contributed by atoms with Gasteiger partial charge in [0.1, 0.15) is 11.2 Å². The Bertz CT molecular complexity index is 1020. The molecule has 0 aromatic rings. The average molecular weight is 480 g/mol. The fourth-order valence-electron chi connectivity index (χ4n) is 11.6. The van der Waals surface area contributed by atoms with E-state index in [0.717, 1.165) is 19.3 Å². The highest BCUT2D eigenvalue weighted by Crippen LogP contribution is 2.77. The van der Waals surface area contributed by atoms with E-state index < -0.39 is 10.8 Å². The summed E-state index contributed by atoms with van der Waals surface area (Å²) in [5, 5.41) is 10.2. The predicted molar refractivity (Wildman–Crippen MR) is 139 cm³/mol. The Morgan fingerprint density at radius 3 is 2.06 bits per heavy atom. The van der Waals surface area contributed by atoms with E-state index in [9.17, 15) is 14.9 Å². The molecule has 3 heteroatoms. The van der Waals surface area contributed by atoms with Gasteiger partial charge in [0.15, 0.2) is 5.78 Å². The van der Waals surface area contributed by atoms with Crippen LogP contribution >= 0.6 is 0 Å². The highest BCUT2D eigenvalue weighted by atomic mass is 16.1. The van der Waals surface area contributed by atoms with Gasteiger partial charge in [0.2, 0.25) is 0 Å². The lowest BCUT2D eigenvalue weighted by Gasteiger charge is -2.73. The van der Waals surface area contributed by atoms with Gasteiger partial charge in [-0.1, -0.05) is 55.4 Å². The van der Waals surface area contributed by atoms with Crippen molar-refractivity contribution >= 4 is 11.6 Å². The van der Waals surface area contributed by atoms with Crippen LogP contribution < -0.4 is 0 Å². The molecular formula is C32H49NO2. The number of nitrogens with zero attached hydrogens (tertiary/aromatic N) is 1. The number of hydrogen-bond donors (Lipinski definition) is 0. The van der Waals surface area contributed by atoms with Crippen molar-refractivity contribution in [2.75, 3.05) is 0 Å². The number of rotatable bonds is 0. The van der Waals surface area contributed by atoms with Gasteiger partial charge in [0.05, 0.1) is 6.07 Å². The van der Waals surface area contributed by atoms with Gasteiger partial charge in [-0.15, -0.1) is 0 Å². The highest BCUT2D eigenvalue weighted by Gasteiger charge is 2.73. The van der Waals surface area contributed by atoms with Crippen molar-refractivity contribution in [3.8, 4) is 6.07 Å². The molecule has 0 bridgehead atoms. The zero-order valence-corrected chi connectivity index (χ0v) is 23.9. The van der Waals surface area contributed by atoms with Gasteiger partial charge in [-0.2, -0.15) is 5.26 Å². The quantitative estimate of drug-likeness (QED) is 0.356. The Morgan fingerprint density at radius 2 is 1.43 bits per heavy atom. The normalized spacial score (nSPS) is 54.5. The van der Waals surface area contributed by atoms with Crippen molar-refractivity contribution < 1.29 is 9.59 Å². The van der Waals surface area contributed by atoms with Crippen molar-refractivity contribution in [1.29, 1.82) is 5.26 Å². The number of nitriles is 1. The summed E-state index contributed by atoms with van der Waals surface area (Å²) in [6.07, 6.45) is 9.45. The first-order valence-corrected chi connectivity index (χ1v) is 14.4. The lowest BCUT2D eigenvalue weighted by Crippen LogP contribution is -2.70. The molecule has 0 amide bonds. The molecule has 0 radical (unpaired) electrons. The summed E-state index contributed by atoms with van der Waals surface area (Å²) in [6, 6.07) is 2.45. The van der Waals surface area contributed by atoms with Crippen molar-refractivity contribution in [3.05, 3.63) is 0 Å². The number of fused-ring (bicyclic) bond motifs is 7. The van der Waals surface area contributed by atoms with Crippen LogP contribution in [0.5, 0.6) is 0 Å². The maximum atomic E-state index is 14.4. The smallest absolute Gasteiger partial charge is 0.158 e. The van der Waals surface area contributed by atoms with Crippen molar-refractivity contribution in [1.82, 2.24) is 0 Å². The lowest BCUT2D eigenvalue weighted by molar-refractivity contribution is -0.237. The molecule has 35 heavy (non-hydrogen) atoms. The van der Waals surface area contributed by atoms with Gasteiger partial charge in [0.25, 0.3) is 0 Å². The summed E-state index contributed by atoms with van der Waals surface area (Å²) in [5.74, 6) is 1.72. The van der Waals surface area contributed by atoms with Crippen LogP contribution in [0.4, 0.5) is 0 Å². The van der Waals surface area contributed by atoms with Crippen molar-refractivity contribution in [2.45, 2.75) is 120 Å². The lowest BCUT2D eigenvalue weighted by atomic mass is 9.30. The zero-order valence-electron chi connectivity index (χ0n) is 23.9. The molecule has 0 aromatic heterocycles. The summed E-state index contributed by atoms with van der Waals surface area (Å²) in [4.78, 5) is 27.9. The monoisotopic (exact) mass is 479 g/mol. The van der Waals surface area contributed by atoms with Crippen molar-refractivity contribution in [2.24, 2.45) is 61.6 Å². The maximum Gasteiger partial charge on any atom is 0.158 e. The third-order valence-electron chi connectivity index (χ3n) is 13.7. The van der Waals surface area contributed by atoms with Crippen LogP contribution in [0.25, 0.3) is 0 Å². The minimum atomic E-state index is -0.966. The molecule has 194 valence electrons. The van der Waals surface area contributed by atoms with Gasteiger partial charge in [0, 0.05) is 17.8 Å². The zero-order chi connectivity index (χ0) is 26.0. The Balaban J connectivity index is 1.61. The van der Waals surface area contributed by atoms with E-state index in [1.807, 2.05) is 6.92 Å². The summed E-state index contributed by atoms with van der Waals surface area (Å²) >= 11 is 0. The fourth-order valence-corrected chi connectivity index (χ4v) is 11.6. The second-order valence-corrected chi connectivity index (χ2v) is 16.4. The van der Waals surface area contributed by atoms with Crippen LogP contribution in [0.15, 0.2) is 0 Å². The van der Waals surface area contributed by atoms with Crippen LogP contribution in [0.2, 0.25) is 0 Å². The summed E-state index contributed by atoms with van der Waals surface area (Å²) < 4.78 is 0. The van der Waals surface area contributed by atoms with Crippen LogP contribution in [-0.2, 0) is 9.59 Å². The van der Waals surface area contributed by atoms with Crippen molar-refractivity contribution in [3.63, 3.8) is 0 Å². The number of carbonyl (C=O) groups excluding carboxylic acids is 2. The van der Waals surface area contributed by atoms with E-state index in [4.69, 9.17) is 0 Å². The third kappa shape index (κ3) is 3.01. The third-order valence-corrected chi connectivity index (χ3v) is 13.7. The van der Waals surface area contributed by atoms with E-state index in [-0.39, 0.29) is 45.2 Å². The van der Waals surface area contributed by atoms with Gasteiger partial charge in [-0.05, 0) is 103 Å². The molecule has 0 spiro atoms. The molecule has 3 nitrogen and oxygen atoms in total. The van der Waals surface area contributed by atoms with E-state index >= 15 is 0 Å². The molecule has 5 aliphatic carbocycles. The number of ketones is 2. The molecule has 2 unspecified atom stereocenters. The molecule has 5 rings (SSSR count). The van der Waals surface area contributed by atoms with E-state index in [2.05, 4.69) is 61.5 Å². The molecule has 0 heterocycles. The minimum Gasteiger partial charge on any atom is -0.299 e. The molecule has 0 aliphatic heterocycles. The summed E-state index contributed by atoms with van der Waals surface area (Å²) in [6.45, 7) is 20.7. The first-order chi connectivity index (χ1) is 15.9. The van der Waals surface area contributed by atoms with E-state index in [1.165, 1.54) is 25.7 Å². The predicted octanol–water partition coefficient (Wildman–Crippen LogP) is 7.78. The molecule has 5 fully saturated rings. The summed E-state index contributed by atoms with van der Waals surface area (Å²) in [5.41, 5.74) is -1.01. The van der Waals surface area contributed by atoms with Gasteiger partial charge < -0.3 is 0 Å². The van der Waals surface area contributed by atoms with E-state index in [1.54, 1.807) is 0 Å². The molecule has 0 N–H and O–H groups in total. The molecular weight excluding hydrogens is 430 g/mol. The Kier molecular flexibility index (Phi) is 5.11. The molecule has 0 saturated heterocycles. The van der Waals surface area contributed by atoms with Gasteiger partial charge in [-0.3, -0.25) is 9.59 Å². The Labute approximate surface area is 214 Å². The Morgan fingerprint density at radius 1 is 0.800 bits per heavy atom. The highest BCUT2D eigenvalue weighted by molar-refractivity contribution is 5.93. The SMILES string of the molecule is CC1(C)CC[C@]2(C)CC[C@]3(C)[C@H](C(=O)C[C@@H]4[C@@]5(C)CC(C)(C#N)C(=O)C(C)(C)C5CC[C@]43C)[C@H]2C1. The number of hydrogen-bond acceptors (Lipinski definition) is 3. The standard InChI is InChI=1S/C32H49NO2/c1-26(2)12-13-28(5)14-15-32(9)24(20(28)17-26)21(34)16-23-30(7)18-29(6,19-33)25(35)27(3,4)22(30)10-11-31(23,32)8/h20,22-24H,10-18H2,1-9H3/t20-,22?,23-,24+,28-,29?,30+,31-,32-/m1/s1. The van der Waals surface area contributed by atoms with Crippen LogP contribution in [0, 0.1) is 72.9 Å². The van der Waals surface area contributed by atoms with Crippen LogP contribution in [-0.4, -0.2) is 11.6 Å². The van der Waals surface area contributed by atoms with Crippen LogP contribution in [0.3, 0.4) is 0 Å². The maximum absolute atomic E-state index is 14.4. The topological polar surface area (TPSA) is 57.9 Å². The molecule has 5 saturated carbocycles. The van der Waals surface area contributed by atoms with Crippen LogP contribution in [0.1, 0.15) is 120 Å². The minimum absolute atomic E-state index is 0.00673. The first-order valence-electron chi connectivity index (χ1n) is 14.4. The molecule has 9 atom stereocenters. The average Bonchev–Trinajstić information content (AvgIpc) is 2.75.